The molecule has 1 aromatic rings. The first-order chi connectivity index (χ1) is 5.75. The highest BCUT2D eigenvalue weighted by Crippen LogP contribution is 1.80. The van der Waals surface area contributed by atoms with Gasteiger partial charge in [0.2, 0.25) is 0 Å². The van der Waals surface area contributed by atoms with Gasteiger partial charge < -0.3 is 27.8 Å². The van der Waals surface area contributed by atoms with Gasteiger partial charge in [0, 0.05) is 12.1 Å². The standard InChI is InChI=1S/C8H11N2O2.BrH/c9-7(6-11)8(12)10-4-2-1-3-5-10;/h1-5,7,11H,6,9H2;1H/q+1;/p-1/t7-;/m0./s1. The van der Waals surface area contributed by atoms with Gasteiger partial charge in [0.15, 0.2) is 18.4 Å². The van der Waals surface area contributed by atoms with Gasteiger partial charge in [0.05, 0.1) is 6.61 Å². The summed E-state index contributed by atoms with van der Waals surface area (Å²) in [5.74, 6) is -0.307. The number of carbonyl (C=O) groups excluding carboxylic acids is 1. The summed E-state index contributed by atoms with van der Waals surface area (Å²) < 4.78 is 1.35. The minimum Gasteiger partial charge on any atom is -1.00 e. The van der Waals surface area contributed by atoms with E-state index in [1.54, 1.807) is 30.6 Å². The third-order valence-corrected chi connectivity index (χ3v) is 1.48. The van der Waals surface area contributed by atoms with Gasteiger partial charge in [-0.2, -0.15) is 0 Å². The number of aromatic nitrogens is 1. The second kappa shape index (κ2) is 5.80. The SMILES string of the molecule is N[C@@H](CO)C(=O)[n+]1ccccc1.[Br-]. The molecule has 1 atom stereocenters. The molecule has 0 amide bonds. The average Bonchev–Trinajstić information content (AvgIpc) is 2.17. The number of hydrogen-bond donors (Lipinski definition) is 2. The summed E-state index contributed by atoms with van der Waals surface area (Å²) in [6, 6.07) is 4.41. The molecule has 1 aromatic heterocycles. The van der Waals surface area contributed by atoms with Crippen LogP contribution in [0.4, 0.5) is 0 Å². The zero-order valence-corrected chi connectivity index (χ0v) is 8.52. The summed E-state index contributed by atoms with van der Waals surface area (Å²) in [7, 11) is 0. The third kappa shape index (κ3) is 3.22. The Hall–Kier alpha value is -0.780. The quantitative estimate of drug-likeness (QED) is 0.522. The largest absolute Gasteiger partial charge is 1.00 e. The van der Waals surface area contributed by atoms with Crippen LogP contribution in [0.3, 0.4) is 0 Å². The van der Waals surface area contributed by atoms with Gasteiger partial charge in [-0.15, -0.1) is 4.57 Å². The van der Waals surface area contributed by atoms with Crippen molar-refractivity contribution in [3.05, 3.63) is 30.6 Å². The van der Waals surface area contributed by atoms with Crippen LogP contribution in [0.15, 0.2) is 30.6 Å². The van der Waals surface area contributed by atoms with Crippen molar-refractivity contribution >= 4 is 5.91 Å². The van der Waals surface area contributed by atoms with E-state index in [9.17, 15) is 4.79 Å². The van der Waals surface area contributed by atoms with Crippen LogP contribution < -0.4 is 27.3 Å². The number of aliphatic hydroxyl groups excluding tert-OH is 1. The lowest BCUT2D eigenvalue weighted by atomic mass is 10.3. The van der Waals surface area contributed by atoms with Crippen molar-refractivity contribution < 1.29 is 31.4 Å². The molecule has 3 N–H and O–H groups in total. The molecular weight excluding hydrogens is 236 g/mol. The van der Waals surface area contributed by atoms with Crippen LogP contribution in [0.1, 0.15) is 4.79 Å². The highest BCUT2D eigenvalue weighted by atomic mass is 79.9. The van der Waals surface area contributed by atoms with Gasteiger partial charge in [0.1, 0.15) is 0 Å². The number of rotatable bonds is 2. The molecule has 4 nitrogen and oxygen atoms in total. The molecular formula is C8H11BrN2O2. The molecule has 72 valence electrons. The smallest absolute Gasteiger partial charge is 0.411 e. The summed E-state index contributed by atoms with van der Waals surface area (Å²) in [6.45, 7) is -0.333. The van der Waals surface area contributed by atoms with E-state index in [0.29, 0.717) is 0 Å². The first-order valence-electron chi connectivity index (χ1n) is 3.62. The van der Waals surface area contributed by atoms with Crippen molar-refractivity contribution in [1.82, 2.24) is 0 Å². The summed E-state index contributed by atoms with van der Waals surface area (Å²) >= 11 is 0. The molecule has 5 heteroatoms. The van der Waals surface area contributed by atoms with Gasteiger partial charge in [-0.05, 0) is 0 Å². The zero-order chi connectivity index (χ0) is 8.97. The molecule has 0 aliphatic rings. The Morgan fingerprint density at radius 1 is 1.38 bits per heavy atom. The molecule has 0 bridgehead atoms. The maximum Gasteiger partial charge on any atom is 0.411 e. The Bertz CT molecular complexity index is 266. The van der Waals surface area contributed by atoms with E-state index < -0.39 is 6.04 Å². The maximum absolute atomic E-state index is 11.3. The maximum atomic E-state index is 11.3. The van der Waals surface area contributed by atoms with E-state index in [0.717, 1.165) is 0 Å². The van der Waals surface area contributed by atoms with Crippen molar-refractivity contribution in [1.29, 1.82) is 0 Å². The van der Waals surface area contributed by atoms with E-state index in [2.05, 4.69) is 0 Å². The molecule has 0 radical (unpaired) electrons. The minimum atomic E-state index is -0.836. The van der Waals surface area contributed by atoms with Crippen LogP contribution in [-0.4, -0.2) is 23.7 Å². The Balaban J connectivity index is 0.00000144. The van der Waals surface area contributed by atoms with Crippen molar-refractivity contribution in [2.45, 2.75) is 6.04 Å². The predicted molar refractivity (Wildman–Crippen MR) is 42.3 cm³/mol. The Morgan fingerprint density at radius 2 is 1.92 bits per heavy atom. The number of halogens is 1. The fourth-order valence-corrected chi connectivity index (χ4v) is 0.815. The molecule has 0 aromatic carbocycles. The van der Waals surface area contributed by atoms with E-state index >= 15 is 0 Å². The topological polar surface area (TPSA) is 67.2 Å². The van der Waals surface area contributed by atoms with Gasteiger partial charge in [-0.1, -0.05) is 6.07 Å². The summed E-state index contributed by atoms with van der Waals surface area (Å²) in [5, 5.41) is 8.61. The Labute approximate surface area is 86.8 Å². The summed E-state index contributed by atoms with van der Waals surface area (Å²) in [6.07, 6.45) is 3.19. The molecule has 13 heavy (non-hydrogen) atoms. The van der Waals surface area contributed by atoms with Gasteiger partial charge >= 0.3 is 5.91 Å². The third-order valence-electron chi connectivity index (χ3n) is 1.48. The number of carbonyl (C=O) groups is 1. The highest BCUT2D eigenvalue weighted by molar-refractivity contribution is 5.72. The summed E-state index contributed by atoms with van der Waals surface area (Å²) in [4.78, 5) is 11.3. The lowest BCUT2D eigenvalue weighted by Gasteiger charge is -1.99. The van der Waals surface area contributed by atoms with E-state index in [-0.39, 0.29) is 29.5 Å². The van der Waals surface area contributed by atoms with E-state index in [1.165, 1.54) is 4.57 Å². The van der Waals surface area contributed by atoms with Crippen LogP contribution >= 0.6 is 0 Å². The molecule has 1 heterocycles. The van der Waals surface area contributed by atoms with Crippen LogP contribution in [-0.2, 0) is 0 Å². The van der Waals surface area contributed by atoms with Crippen molar-refractivity contribution in [2.24, 2.45) is 5.73 Å². The molecule has 0 fully saturated rings. The number of aliphatic hydroxyl groups is 1. The molecule has 0 spiro atoms. The molecule has 1 rings (SSSR count). The molecule has 0 saturated heterocycles. The molecule has 0 saturated carbocycles. The molecule has 0 unspecified atom stereocenters. The normalized spacial score (nSPS) is 11.5. The number of nitrogens with two attached hydrogens (primary N) is 1. The minimum absolute atomic E-state index is 0. The number of nitrogens with zero attached hydrogens (tertiary/aromatic N) is 1. The Kier molecular flexibility index (Phi) is 5.45. The predicted octanol–water partition coefficient (Wildman–Crippen LogP) is -4.06. The fraction of sp³-hybridized carbons (Fsp3) is 0.250. The van der Waals surface area contributed by atoms with E-state index in [1.807, 2.05) is 0 Å². The van der Waals surface area contributed by atoms with Gasteiger partial charge in [0.25, 0.3) is 0 Å². The number of hydrogen-bond acceptors (Lipinski definition) is 3. The van der Waals surface area contributed by atoms with Crippen LogP contribution in [0.2, 0.25) is 0 Å². The first-order valence-corrected chi connectivity index (χ1v) is 3.62. The fourth-order valence-electron chi connectivity index (χ4n) is 0.815. The van der Waals surface area contributed by atoms with Gasteiger partial charge in [-0.25, -0.2) is 4.79 Å². The monoisotopic (exact) mass is 246 g/mol. The second-order valence-electron chi connectivity index (χ2n) is 2.41. The van der Waals surface area contributed by atoms with Crippen LogP contribution in [0.5, 0.6) is 0 Å². The summed E-state index contributed by atoms with van der Waals surface area (Å²) in [5.41, 5.74) is 5.33. The van der Waals surface area contributed by atoms with Gasteiger partial charge in [-0.3, -0.25) is 0 Å². The zero-order valence-electron chi connectivity index (χ0n) is 6.93. The molecule has 0 aliphatic heterocycles. The lowest BCUT2D eigenvalue weighted by Crippen LogP contribution is -3.00. The van der Waals surface area contributed by atoms with Crippen molar-refractivity contribution in [3.8, 4) is 0 Å². The van der Waals surface area contributed by atoms with Crippen molar-refractivity contribution in [2.75, 3.05) is 6.61 Å². The van der Waals surface area contributed by atoms with E-state index in [4.69, 9.17) is 10.8 Å². The molecule has 0 aliphatic carbocycles. The lowest BCUT2D eigenvalue weighted by molar-refractivity contribution is -0.575. The highest BCUT2D eigenvalue weighted by Gasteiger charge is 2.21. The second-order valence-corrected chi connectivity index (χ2v) is 2.41. The number of pyridine rings is 1. The van der Waals surface area contributed by atoms with Crippen molar-refractivity contribution in [3.63, 3.8) is 0 Å². The van der Waals surface area contributed by atoms with Crippen LogP contribution in [0, 0.1) is 0 Å². The Morgan fingerprint density at radius 3 is 2.38 bits per heavy atom. The average molecular weight is 247 g/mol. The van der Waals surface area contributed by atoms with Crippen LogP contribution in [0.25, 0.3) is 0 Å². The first kappa shape index (κ1) is 12.2.